The number of fused-ring (bicyclic) bond motifs is 1. The number of aliphatic carboxylic acids is 3. The summed E-state index contributed by atoms with van der Waals surface area (Å²) in [4.78, 5) is 30.9. The normalized spacial score (nSPS) is 11.9. The first-order chi connectivity index (χ1) is 22.8. The lowest BCUT2D eigenvalue weighted by atomic mass is 10.0. The second kappa shape index (κ2) is 17.7. The molecule has 2 aromatic carbocycles. The lowest BCUT2D eigenvalue weighted by molar-refractivity contribution is -0.193. The molecule has 22 heteroatoms. The Bertz CT molecular complexity index is 1700. The van der Waals surface area contributed by atoms with Crippen molar-refractivity contribution in [3.8, 4) is 16.9 Å². The number of carboxylic acids is 3. The van der Waals surface area contributed by atoms with Crippen LogP contribution in [0.15, 0.2) is 54.9 Å². The maximum atomic E-state index is 13.8. The smallest absolute Gasteiger partial charge is 0.490 e. The second-order valence-electron chi connectivity index (χ2n) is 9.39. The highest BCUT2D eigenvalue weighted by molar-refractivity contribution is 5.86. The standard InChI is InChI=1S/C22H20F2N4O.3C2HF3O2/c1-13-19-9-14(5-6-21(19)28-27-13)16-8-18(11-26-10-16)29-12-17(25)7-15-3-2-4-20(23)22(15)24;3*3-2(4,5)1(6)7/h2-6,8-11,17H,7,12,25H2,1H3,(H,27,28);3*(H,6,7)/t17-;;;/m0.../s1. The predicted molar refractivity (Wildman–Crippen MR) is 149 cm³/mol. The van der Waals surface area contributed by atoms with E-state index in [0.29, 0.717) is 5.75 Å². The minimum absolute atomic E-state index is 0.154. The van der Waals surface area contributed by atoms with Crippen molar-refractivity contribution in [1.82, 2.24) is 15.2 Å². The molecule has 274 valence electrons. The van der Waals surface area contributed by atoms with Crippen LogP contribution in [0.25, 0.3) is 22.0 Å². The maximum Gasteiger partial charge on any atom is 0.490 e. The van der Waals surface area contributed by atoms with Crippen molar-refractivity contribution >= 4 is 28.8 Å². The molecule has 2 aromatic heterocycles. The van der Waals surface area contributed by atoms with Gasteiger partial charge in [-0.2, -0.15) is 44.6 Å². The Morgan fingerprint density at radius 3 is 1.84 bits per heavy atom. The van der Waals surface area contributed by atoms with Crippen molar-refractivity contribution in [3.05, 3.63) is 77.8 Å². The summed E-state index contributed by atoms with van der Waals surface area (Å²) in [5.41, 5.74) is 10.1. The van der Waals surface area contributed by atoms with Gasteiger partial charge >= 0.3 is 36.4 Å². The van der Waals surface area contributed by atoms with Crippen molar-refractivity contribution in [2.75, 3.05) is 6.61 Å². The molecule has 0 aliphatic heterocycles. The lowest BCUT2D eigenvalue weighted by Crippen LogP contribution is -2.30. The topological polar surface area (TPSA) is 189 Å². The molecule has 6 N–H and O–H groups in total. The third-order valence-corrected chi connectivity index (χ3v) is 5.50. The molecule has 2 heterocycles. The van der Waals surface area contributed by atoms with Gasteiger partial charge < -0.3 is 25.8 Å². The maximum absolute atomic E-state index is 13.8. The minimum atomic E-state index is -5.08. The lowest BCUT2D eigenvalue weighted by Gasteiger charge is -2.14. The molecule has 0 bridgehead atoms. The van der Waals surface area contributed by atoms with E-state index in [1.165, 1.54) is 12.1 Å². The van der Waals surface area contributed by atoms with Gasteiger partial charge in [-0.05, 0) is 48.7 Å². The van der Waals surface area contributed by atoms with Crippen LogP contribution in [-0.4, -0.2) is 79.6 Å². The third-order valence-electron chi connectivity index (χ3n) is 5.50. The Morgan fingerprint density at radius 2 is 1.34 bits per heavy atom. The number of H-pyrrole nitrogens is 1. The van der Waals surface area contributed by atoms with Gasteiger partial charge in [0.25, 0.3) is 0 Å². The molecule has 0 aliphatic carbocycles. The largest absolute Gasteiger partial charge is 0.490 e. The van der Waals surface area contributed by atoms with E-state index in [0.717, 1.165) is 33.8 Å². The molecule has 0 spiro atoms. The van der Waals surface area contributed by atoms with Gasteiger partial charge in [0, 0.05) is 28.9 Å². The van der Waals surface area contributed by atoms with E-state index in [1.807, 2.05) is 31.2 Å². The first-order valence-corrected chi connectivity index (χ1v) is 13.0. The number of carbonyl (C=O) groups is 3. The number of alkyl halides is 9. The fourth-order valence-electron chi connectivity index (χ4n) is 3.22. The molecule has 1 atom stereocenters. The van der Waals surface area contributed by atoms with E-state index in [4.69, 9.17) is 40.2 Å². The Hall–Kier alpha value is -5.54. The number of nitrogens with zero attached hydrogens (tertiary/aromatic N) is 2. The number of carboxylic acid groups (broad SMARTS) is 3. The van der Waals surface area contributed by atoms with Crippen molar-refractivity contribution in [1.29, 1.82) is 0 Å². The summed E-state index contributed by atoms with van der Waals surface area (Å²) >= 11 is 0. The third kappa shape index (κ3) is 14.3. The summed E-state index contributed by atoms with van der Waals surface area (Å²) in [7, 11) is 0. The number of hydrogen-bond acceptors (Lipinski definition) is 7. The highest BCUT2D eigenvalue weighted by atomic mass is 19.4. The molecule has 0 fully saturated rings. The molecular weight excluding hydrogens is 713 g/mol. The van der Waals surface area contributed by atoms with E-state index in [-0.39, 0.29) is 18.6 Å². The number of nitrogens with one attached hydrogen (secondary N) is 1. The molecule has 0 aliphatic rings. The van der Waals surface area contributed by atoms with Crippen LogP contribution in [0.2, 0.25) is 0 Å². The molecule has 0 saturated heterocycles. The molecule has 0 unspecified atom stereocenters. The summed E-state index contributed by atoms with van der Waals surface area (Å²) in [5.74, 6) is -9.46. The number of halogens is 11. The highest BCUT2D eigenvalue weighted by Crippen LogP contribution is 2.27. The number of pyridine rings is 1. The fourth-order valence-corrected chi connectivity index (χ4v) is 3.22. The summed E-state index contributed by atoms with van der Waals surface area (Å²) in [6.07, 6.45) is -11.7. The Balaban J connectivity index is 0.000000486. The fraction of sp³-hybridized carbons (Fsp3) is 0.250. The van der Waals surface area contributed by atoms with Crippen LogP contribution in [0.3, 0.4) is 0 Å². The molecule has 0 saturated carbocycles. The van der Waals surface area contributed by atoms with Crippen LogP contribution >= 0.6 is 0 Å². The highest BCUT2D eigenvalue weighted by Gasteiger charge is 2.39. The summed E-state index contributed by atoms with van der Waals surface area (Å²) in [5, 5.41) is 29.6. The number of rotatable bonds is 6. The average Bonchev–Trinajstić information content (AvgIpc) is 3.38. The van der Waals surface area contributed by atoms with E-state index in [9.17, 15) is 48.3 Å². The van der Waals surface area contributed by atoms with Crippen molar-refractivity contribution < 1.29 is 82.7 Å². The van der Waals surface area contributed by atoms with Gasteiger partial charge in [-0.3, -0.25) is 10.1 Å². The van der Waals surface area contributed by atoms with E-state index < -0.39 is 54.1 Å². The van der Waals surface area contributed by atoms with Crippen LogP contribution < -0.4 is 10.5 Å². The van der Waals surface area contributed by atoms with Gasteiger partial charge in [-0.15, -0.1) is 0 Å². The van der Waals surface area contributed by atoms with E-state index >= 15 is 0 Å². The number of benzene rings is 2. The van der Waals surface area contributed by atoms with Crippen LogP contribution in [0.4, 0.5) is 48.3 Å². The zero-order chi connectivity index (χ0) is 38.6. The number of aromatic amines is 1. The van der Waals surface area contributed by atoms with E-state index in [1.54, 1.807) is 12.4 Å². The Kier molecular flexibility index (Phi) is 15.1. The molecule has 4 rings (SSSR count). The second-order valence-corrected chi connectivity index (χ2v) is 9.39. The molecule has 0 radical (unpaired) electrons. The first-order valence-electron chi connectivity index (χ1n) is 13.0. The Morgan fingerprint density at radius 1 is 0.820 bits per heavy atom. The van der Waals surface area contributed by atoms with Gasteiger partial charge in [-0.1, -0.05) is 18.2 Å². The molecule has 4 aromatic rings. The SMILES string of the molecule is Cc1[nH]nc2ccc(-c3cncc(OC[C@@H](N)Cc4cccc(F)c4F)c3)cc12.O=C(O)C(F)(F)F.O=C(O)C(F)(F)F.O=C(O)C(F)(F)F. The zero-order valence-corrected chi connectivity index (χ0v) is 24.8. The van der Waals surface area contributed by atoms with Crippen molar-refractivity contribution in [2.45, 2.75) is 37.9 Å². The van der Waals surface area contributed by atoms with Crippen LogP contribution in [-0.2, 0) is 20.8 Å². The predicted octanol–water partition coefficient (Wildman–Crippen LogP) is 6.06. The van der Waals surface area contributed by atoms with Gasteiger partial charge in [0.05, 0.1) is 11.7 Å². The number of aromatic nitrogens is 3. The molecule has 50 heavy (non-hydrogen) atoms. The average molecular weight is 736 g/mol. The van der Waals surface area contributed by atoms with Gasteiger partial charge in [0.2, 0.25) is 0 Å². The van der Waals surface area contributed by atoms with Gasteiger partial charge in [-0.25, -0.2) is 23.2 Å². The Labute approximate surface area is 272 Å². The van der Waals surface area contributed by atoms with E-state index in [2.05, 4.69) is 15.2 Å². The number of ether oxygens (including phenoxy) is 1. The summed E-state index contributed by atoms with van der Waals surface area (Å²) in [6.45, 7) is 2.13. The zero-order valence-electron chi connectivity index (χ0n) is 24.8. The number of nitrogens with two attached hydrogens (primary N) is 1. The monoisotopic (exact) mass is 736 g/mol. The number of aryl methyl sites for hydroxylation is 1. The quantitative estimate of drug-likeness (QED) is 0.146. The van der Waals surface area contributed by atoms with Gasteiger partial charge in [0.1, 0.15) is 12.4 Å². The van der Waals surface area contributed by atoms with Crippen molar-refractivity contribution in [2.24, 2.45) is 5.73 Å². The van der Waals surface area contributed by atoms with Crippen LogP contribution in [0, 0.1) is 18.6 Å². The van der Waals surface area contributed by atoms with Crippen LogP contribution in [0.5, 0.6) is 5.75 Å². The van der Waals surface area contributed by atoms with Crippen molar-refractivity contribution in [3.63, 3.8) is 0 Å². The minimum Gasteiger partial charge on any atom is -0.490 e. The molecule has 0 amide bonds. The van der Waals surface area contributed by atoms with Crippen LogP contribution in [0.1, 0.15) is 11.3 Å². The summed E-state index contributed by atoms with van der Waals surface area (Å²) in [6, 6.07) is 11.4. The van der Waals surface area contributed by atoms with Gasteiger partial charge in [0.15, 0.2) is 11.6 Å². The summed E-state index contributed by atoms with van der Waals surface area (Å²) < 4.78 is 128. The molecule has 11 nitrogen and oxygen atoms in total. The number of hydrogen-bond donors (Lipinski definition) is 5. The molecular formula is C28H23F11N4O7. The first kappa shape index (κ1) is 42.5.